The van der Waals surface area contributed by atoms with E-state index in [1.54, 1.807) is 17.9 Å². The zero-order valence-electron chi connectivity index (χ0n) is 16.5. The van der Waals surface area contributed by atoms with Crippen molar-refractivity contribution in [1.29, 1.82) is 5.26 Å². The van der Waals surface area contributed by atoms with Gasteiger partial charge in [0.15, 0.2) is 0 Å². The Hall–Kier alpha value is -2.89. The summed E-state index contributed by atoms with van der Waals surface area (Å²) in [5.74, 6) is -0.558. The van der Waals surface area contributed by atoms with E-state index < -0.39 is 24.1 Å². The maximum Gasteiger partial charge on any atom is 0.318 e. The van der Waals surface area contributed by atoms with Crippen LogP contribution < -0.4 is 10.6 Å². The van der Waals surface area contributed by atoms with Crippen LogP contribution in [-0.2, 0) is 6.54 Å². The molecule has 4 amide bonds. The maximum absolute atomic E-state index is 14.3. The Kier molecular flexibility index (Phi) is 6.20. The van der Waals surface area contributed by atoms with Crippen molar-refractivity contribution in [3.05, 3.63) is 34.6 Å². The average Bonchev–Trinajstić information content (AvgIpc) is 3.52. The molecule has 9 heteroatoms. The number of hydrogen-bond acceptors (Lipinski definition) is 3. The molecule has 0 spiro atoms. The third kappa shape index (κ3) is 4.75. The van der Waals surface area contributed by atoms with Gasteiger partial charge in [-0.25, -0.2) is 18.4 Å². The Morgan fingerprint density at radius 2 is 2.03 bits per heavy atom. The molecule has 3 rings (SSSR count). The molecule has 1 aromatic carbocycles. The van der Waals surface area contributed by atoms with Gasteiger partial charge in [0.25, 0.3) is 0 Å². The summed E-state index contributed by atoms with van der Waals surface area (Å²) in [6.45, 7) is 1.93. The number of halogens is 2. The second-order valence-corrected chi connectivity index (χ2v) is 7.61. The minimum absolute atomic E-state index is 0.00406. The van der Waals surface area contributed by atoms with Crippen molar-refractivity contribution in [2.45, 2.75) is 51.0 Å². The Labute approximate surface area is 168 Å². The number of rotatable bonds is 4. The number of aryl methyl sites for hydroxylation is 1. The largest absolute Gasteiger partial charge is 0.341 e. The van der Waals surface area contributed by atoms with Gasteiger partial charge in [-0.3, -0.25) is 0 Å². The highest BCUT2D eigenvalue weighted by atomic mass is 19.1. The third-order valence-electron chi connectivity index (χ3n) is 5.39. The van der Waals surface area contributed by atoms with Gasteiger partial charge >= 0.3 is 12.1 Å². The van der Waals surface area contributed by atoms with Crippen LogP contribution >= 0.6 is 0 Å². The van der Waals surface area contributed by atoms with Gasteiger partial charge in [-0.15, -0.1) is 0 Å². The average molecular weight is 405 g/mol. The van der Waals surface area contributed by atoms with E-state index in [2.05, 4.69) is 10.6 Å². The summed E-state index contributed by atoms with van der Waals surface area (Å²) in [7, 11) is 1.48. The summed E-state index contributed by atoms with van der Waals surface area (Å²) in [6, 6.07) is 3.43. The van der Waals surface area contributed by atoms with Gasteiger partial charge in [0.1, 0.15) is 12.0 Å². The van der Waals surface area contributed by atoms with E-state index in [9.17, 15) is 18.4 Å². The van der Waals surface area contributed by atoms with Gasteiger partial charge in [0, 0.05) is 38.2 Å². The molecule has 2 aliphatic rings. The fraction of sp³-hybridized carbons (Fsp3) is 0.550. The Bertz CT molecular complexity index is 837. The summed E-state index contributed by atoms with van der Waals surface area (Å²) in [5.41, 5.74) is 1.17. The van der Waals surface area contributed by atoms with Gasteiger partial charge in [-0.1, -0.05) is 6.07 Å². The lowest BCUT2D eigenvalue weighted by Crippen LogP contribution is -2.58. The zero-order valence-corrected chi connectivity index (χ0v) is 16.5. The van der Waals surface area contributed by atoms with Crippen LogP contribution in [0.1, 0.15) is 36.0 Å². The smallest absolute Gasteiger partial charge is 0.318 e. The van der Waals surface area contributed by atoms with E-state index >= 15 is 0 Å². The molecule has 1 saturated heterocycles. The van der Waals surface area contributed by atoms with Crippen LogP contribution in [0, 0.1) is 24.1 Å². The summed E-state index contributed by atoms with van der Waals surface area (Å²) in [6.07, 6.45) is 0.608. The first-order valence-electron chi connectivity index (χ1n) is 9.70. The van der Waals surface area contributed by atoms with Gasteiger partial charge in [-0.05, 0) is 31.4 Å². The zero-order chi connectivity index (χ0) is 21.1. The lowest BCUT2D eigenvalue weighted by molar-refractivity contribution is 0.0758. The maximum atomic E-state index is 14.3. The van der Waals surface area contributed by atoms with E-state index in [1.807, 2.05) is 6.07 Å². The van der Waals surface area contributed by atoms with Gasteiger partial charge in [0.2, 0.25) is 0 Å². The number of alkyl halides is 1. The van der Waals surface area contributed by atoms with E-state index in [0.29, 0.717) is 5.56 Å². The highest BCUT2D eigenvalue weighted by Crippen LogP contribution is 2.32. The number of piperidine rings is 1. The Balaban J connectivity index is 1.70. The lowest BCUT2D eigenvalue weighted by Gasteiger charge is -2.40. The molecule has 1 saturated carbocycles. The number of nitriles is 1. The first-order valence-corrected chi connectivity index (χ1v) is 9.70. The predicted octanol–water partition coefficient (Wildman–Crippen LogP) is 2.43. The van der Waals surface area contributed by atoms with Crippen LogP contribution in [0.15, 0.2) is 12.1 Å². The number of hydrogen-bond donors (Lipinski definition) is 2. The standard InChI is InChI=1S/C20H25F2N5O2/c1-12-5-14(18(22)6-13(12)8-23)9-25-20(29)27(16-3-4-16)17-7-15(21)10-26(11-17)19(28)24-2/h5-6,15-17H,3-4,7,9-11H2,1-2H3,(H,24,28)(H,25,29)/t15-,17?/m0/s1. The first kappa shape index (κ1) is 20.8. The summed E-state index contributed by atoms with van der Waals surface area (Å²) >= 11 is 0. The van der Waals surface area contributed by atoms with Gasteiger partial charge < -0.3 is 20.4 Å². The summed E-state index contributed by atoms with van der Waals surface area (Å²) in [5, 5.41) is 14.2. The van der Waals surface area contributed by atoms with Crippen molar-refractivity contribution in [1.82, 2.24) is 20.4 Å². The van der Waals surface area contributed by atoms with Crippen LogP contribution in [0.5, 0.6) is 0 Å². The third-order valence-corrected chi connectivity index (χ3v) is 5.39. The van der Waals surface area contributed by atoms with Crippen LogP contribution in [-0.4, -0.2) is 60.3 Å². The molecule has 0 radical (unpaired) electrons. The molecule has 1 aromatic rings. The van der Waals surface area contributed by atoms with Crippen LogP contribution in [0.2, 0.25) is 0 Å². The van der Waals surface area contributed by atoms with Gasteiger partial charge in [0.05, 0.1) is 24.2 Å². The van der Waals surface area contributed by atoms with E-state index in [0.717, 1.165) is 18.9 Å². The molecule has 2 fully saturated rings. The molecule has 2 atom stereocenters. The van der Waals surface area contributed by atoms with Crippen LogP contribution in [0.3, 0.4) is 0 Å². The Morgan fingerprint density at radius 1 is 1.31 bits per heavy atom. The van der Waals surface area contributed by atoms with Crippen molar-refractivity contribution < 1.29 is 18.4 Å². The van der Waals surface area contributed by atoms with E-state index in [1.165, 1.54) is 11.9 Å². The minimum atomic E-state index is -1.21. The minimum Gasteiger partial charge on any atom is -0.341 e. The summed E-state index contributed by atoms with van der Waals surface area (Å²) in [4.78, 5) is 27.8. The molecule has 0 bridgehead atoms. The molecular weight excluding hydrogens is 380 g/mol. The number of benzene rings is 1. The fourth-order valence-corrected chi connectivity index (χ4v) is 3.78. The molecule has 7 nitrogen and oxygen atoms in total. The number of carbonyl (C=O) groups excluding carboxylic acids is 2. The highest BCUT2D eigenvalue weighted by molar-refractivity contribution is 5.76. The molecule has 1 heterocycles. The van der Waals surface area contributed by atoms with Crippen LogP contribution in [0.4, 0.5) is 18.4 Å². The van der Waals surface area contributed by atoms with Crippen molar-refractivity contribution in [3.63, 3.8) is 0 Å². The number of amides is 4. The topological polar surface area (TPSA) is 88.5 Å². The number of nitrogens with one attached hydrogen (secondary N) is 2. The Morgan fingerprint density at radius 3 is 2.66 bits per heavy atom. The SMILES string of the molecule is CNC(=O)N1CC(N(C(=O)NCc2cc(C)c(C#N)cc2F)C2CC2)C[C@H](F)C1. The quantitative estimate of drug-likeness (QED) is 0.806. The molecular formula is C20H25F2N5O2. The molecule has 1 aliphatic carbocycles. The molecule has 1 unspecified atom stereocenters. The number of urea groups is 2. The summed E-state index contributed by atoms with van der Waals surface area (Å²) < 4.78 is 28.5. The number of nitrogens with zero attached hydrogens (tertiary/aromatic N) is 3. The van der Waals surface area contributed by atoms with Crippen LogP contribution in [0.25, 0.3) is 0 Å². The number of carbonyl (C=O) groups is 2. The molecule has 156 valence electrons. The second-order valence-electron chi connectivity index (χ2n) is 7.61. The van der Waals surface area contributed by atoms with Crippen molar-refractivity contribution >= 4 is 12.1 Å². The monoisotopic (exact) mass is 405 g/mol. The van der Waals surface area contributed by atoms with E-state index in [4.69, 9.17) is 5.26 Å². The van der Waals surface area contributed by atoms with Crippen molar-refractivity contribution in [2.75, 3.05) is 20.1 Å². The highest BCUT2D eigenvalue weighted by Gasteiger charge is 2.42. The van der Waals surface area contributed by atoms with Crippen molar-refractivity contribution in [2.24, 2.45) is 0 Å². The second kappa shape index (κ2) is 8.64. The molecule has 0 aromatic heterocycles. The predicted molar refractivity (Wildman–Crippen MR) is 102 cm³/mol. The molecule has 2 N–H and O–H groups in total. The first-order chi connectivity index (χ1) is 13.8. The van der Waals surface area contributed by atoms with Gasteiger partial charge in [-0.2, -0.15) is 5.26 Å². The lowest BCUT2D eigenvalue weighted by atomic mass is 10.0. The van der Waals surface area contributed by atoms with E-state index in [-0.39, 0.29) is 49.3 Å². The molecule has 1 aliphatic heterocycles. The van der Waals surface area contributed by atoms with Crippen molar-refractivity contribution in [3.8, 4) is 6.07 Å². The normalized spacial score (nSPS) is 21.3. The molecule has 29 heavy (non-hydrogen) atoms. The number of likely N-dealkylation sites (tertiary alicyclic amines) is 1. The fourth-order valence-electron chi connectivity index (χ4n) is 3.78.